The highest BCUT2D eigenvalue weighted by atomic mass is 16.5. The van der Waals surface area contributed by atoms with Gasteiger partial charge >= 0.3 is 0 Å². The first-order valence-electron chi connectivity index (χ1n) is 5.77. The standard InChI is InChI=1S/C11H20N2O3/c1-16-8-6-12-10(14)9-13-7-4-2-3-5-11(13)15/h2-9H2,1H3,(H,12,14). The highest BCUT2D eigenvalue weighted by Gasteiger charge is 2.18. The van der Waals surface area contributed by atoms with E-state index in [0.29, 0.717) is 26.1 Å². The molecular weight excluding hydrogens is 208 g/mol. The van der Waals surface area contributed by atoms with E-state index in [9.17, 15) is 9.59 Å². The maximum atomic E-state index is 11.6. The van der Waals surface area contributed by atoms with Crippen LogP contribution in [0.15, 0.2) is 0 Å². The van der Waals surface area contributed by atoms with Gasteiger partial charge in [0.2, 0.25) is 11.8 Å². The predicted molar refractivity (Wildman–Crippen MR) is 59.9 cm³/mol. The van der Waals surface area contributed by atoms with Crippen LogP contribution in [0.2, 0.25) is 0 Å². The van der Waals surface area contributed by atoms with Gasteiger partial charge < -0.3 is 15.0 Å². The molecule has 0 bridgehead atoms. The van der Waals surface area contributed by atoms with Crippen LogP contribution in [0.3, 0.4) is 0 Å². The molecule has 0 radical (unpaired) electrons. The van der Waals surface area contributed by atoms with Crippen molar-refractivity contribution in [3.8, 4) is 0 Å². The lowest BCUT2D eigenvalue weighted by molar-refractivity contribution is -0.135. The number of ether oxygens (including phenoxy) is 1. The van der Waals surface area contributed by atoms with Gasteiger partial charge in [0.25, 0.3) is 0 Å². The van der Waals surface area contributed by atoms with Crippen molar-refractivity contribution in [1.29, 1.82) is 0 Å². The molecular formula is C11H20N2O3. The zero-order valence-electron chi connectivity index (χ0n) is 9.83. The minimum absolute atomic E-state index is 0.0967. The number of carbonyl (C=O) groups excluding carboxylic acids is 2. The third-order valence-electron chi connectivity index (χ3n) is 2.63. The average Bonchev–Trinajstić information content (AvgIpc) is 2.45. The van der Waals surface area contributed by atoms with E-state index >= 15 is 0 Å². The van der Waals surface area contributed by atoms with Gasteiger partial charge in [0.15, 0.2) is 0 Å². The molecule has 92 valence electrons. The normalized spacial score (nSPS) is 17.1. The summed E-state index contributed by atoms with van der Waals surface area (Å²) in [4.78, 5) is 24.7. The van der Waals surface area contributed by atoms with Crippen molar-refractivity contribution in [2.75, 3.05) is 33.4 Å². The Labute approximate surface area is 96.1 Å². The van der Waals surface area contributed by atoms with Crippen molar-refractivity contribution in [3.05, 3.63) is 0 Å². The highest BCUT2D eigenvalue weighted by Crippen LogP contribution is 2.10. The van der Waals surface area contributed by atoms with Gasteiger partial charge in [-0.15, -0.1) is 0 Å². The molecule has 0 unspecified atom stereocenters. The van der Waals surface area contributed by atoms with Crippen molar-refractivity contribution in [2.24, 2.45) is 0 Å². The SMILES string of the molecule is COCCNC(=O)CN1CCCCCC1=O. The third kappa shape index (κ3) is 4.61. The Morgan fingerprint density at radius 1 is 1.44 bits per heavy atom. The lowest BCUT2D eigenvalue weighted by Gasteiger charge is -2.19. The minimum atomic E-state index is -0.104. The molecule has 1 aliphatic rings. The minimum Gasteiger partial charge on any atom is -0.383 e. The van der Waals surface area contributed by atoms with E-state index < -0.39 is 0 Å². The number of likely N-dealkylation sites (tertiary alicyclic amines) is 1. The number of nitrogens with one attached hydrogen (secondary N) is 1. The largest absolute Gasteiger partial charge is 0.383 e. The lowest BCUT2D eigenvalue weighted by Crippen LogP contribution is -2.41. The number of rotatable bonds is 5. The fraction of sp³-hybridized carbons (Fsp3) is 0.818. The zero-order valence-corrected chi connectivity index (χ0v) is 9.83. The van der Waals surface area contributed by atoms with E-state index in [2.05, 4.69) is 5.32 Å². The summed E-state index contributed by atoms with van der Waals surface area (Å²) >= 11 is 0. The summed E-state index contributed by atoms with van der Waals surface area (Å²) in [6.07, 6.45) is 3.59. The molecule has 0 atom stereocenters. The molecule has 1 fully saturated rings. The van der Waals surface area contributed by atoms with Gasteiger partial charge in [-0.05, 0) is 12.8 Å². The monoisotopic (exact) mass is 228 g/mol. The van der Waals surface area contributed by atoms with Gasteiger partial charge in [0.1, 0.15) is 0 Å². The van der Waals surface area contributed by atoms with E-state index in [1.807, 2.05) is 0 Å². The molecule has 0 aromatic carbocycles. The number of amides is 2. The quantitative estimate of drug-likeness (QED) is 0.681. The first-order valence-corrected chi connectivity index (χ1v) is 5.77. The Bertz CT molecular complexity index is 243. The second kappa shape index (κ2) is 7.22. The van der Waals surface area contributed by atoms with E-state index in [1.54, 1.807) is 12.0 Å². The molecule has 1 saturated heterocycles. The van der Waals surface area contributed by atoms with E-state index in [0.717, 1.165) is 19.3 Å². The molecule has 0 aliphatic carbocycles. The summed E-state index contributed by atoms with van der Waals surface area (Å²) in [6, 6.07) is 0. The summed E-state index contributed by atoms with van der Waals surface area (Å²) < 4.78 is 4.83. The van der Waals surface area contributed by atoms with Crippen molar-refractivity contribution in [3.63, 3.8) is 0 Å². The Morgan fingerprint density at radius 2 is 2.25 bits per heavy atom. The van der Waals surface area contributed by atoms with Gasteiger partial charge in [0, 0.05) is 26.6 Å². The zero-order chi connectivity index (χ0) is 11.8. The maximum absolute atomic E-state index is 11.6. The van der Waals surface area contributed by atoms with Crippen LogP contribution in [-0.2, 0) is 14.3 Å². The summed E-state index contributed by atoms with van der Waals surface area (Å²) in [7, 11) is 1.59. The lowest BCUT2D eigenvalue weighted by atomic mass is 10.2. The summed E-state index contributed by atoms with van der Waals surface area (Å²) in [5, 5.41) is 2.71. The maximum Gasteiger partial charge on any atom is 0.239 e. The molecule has 2 amide bonds. The molecule has 0 spiro atoms. The van der Waals surface area contributed by atoms with Gasteiger partial charge in [-0.2, -0.15) is 0 Å². The molecule has 16 heavy (non-hydrogen) atoms. The van der Waals surface area contributed by atoms with Crippen molar-refractivity contribution < 1.29 is 14.3 Å². The van der Waals surface area contributed by atoms with Crippen LogP contribution < -0.4 is 5.32 Å². The van der Waals surface area contributed by atoms with Crippen LogP contribution in [0.25, 0.3) is 0 Å². The number of hydrogen-bond donors (Lipinski definition) is 1. The Hall–Kier alpha value is -1.10. The topological polar surface area (TPSA) is 58.6 Å². The molecule has 0 saturated carbocycles. The van der Waals surface area contributed by atoms with E-state index in [4.69, 9.17) is 4.74 Å². The van der Waals surface area contributed by atoms with E-state index in [-0.39, 0.29) is 18.4 Å². The number of hydrogen-bond acceptors (Lipinski definition) is 3. The van der Waals surface area contributed by atoms with Gasteiger partial charge in [0.05, 0.1) is 13.2 Å². The molecule has 0 aromatic rings. The molecule has 0 aromatic heterocycles. The fourth-order valence-electron chi connectivity index (χ4n) is 1.73. The molecule has 1 aliphatic heterocycles. The first kappa shape index (κ1) is 13.0. The van der Waals surface area contributed by atoms with Crippen LogP contribution in [0, 0.1) is 0 Å². The van der Waals surface area contributed by atoms with Crippen molar-refractivity contribution in [1.82, 2.24) is 10.2 Å². The molecule has 1 N–H and O–H groups in total. The summed E-state index contributed by atoms with van der Waals surface area (Å²) in [5.74, 6) is -0.00769. The summed E-state index contributed by atoms with van der Waals surface area (Å²) in [5.41, 5.74) is 0. The molecule has 1 rings (SSSR count). The fourth-order valence-corrected chi connectivity index (χ4v) is 1.73. The third-order valence-corrected chi connectivity index (χ3v) is 2.63. The Kier molecular flexibility index (Phi) is 5.85. The summed E-state index contributed by atoms with van der Waals surface area (Å²) in [6.45, 7) is 1.89. The van der Waals surface area contributed by atoms with Crippen LogP contribution in [-0.4, -0.2) is 50.1 Å². The van der Waals surface area contributed by atoms with E-state index in [1.165, 1.54) is 0 Å². The van der Waals surface area contributed by atoms with Crippen LogP contribution in [0.1, 0.15) is 25.7 Å². The van der Waals surface area contributed by atoms with Crippen molar-refractivity contribution in [2.45, 2.75) is 25.7 Å². The van der Waals surface area contributed by atoms with Crippen molar-refractivity contribution >= 4 is 11.8 Å². The number of nitrogens with zero attached hydrogens (tertiary/aromatic N) is 1. The van der Waals surface area contributed by atoms with Gasteiger partial charge in [-0.1, -0.05) is 6.42 Å². The Balaban J connectivity index is 2.27. The predicted octanol–water partition coefficient (Wildman–Crippen LogP) is 0.152. The second-order valence-electron chi connectivity index (χ2n) is 3.97. The van der Waals surface area contributed by atoms with Gasteiger partial charge in [-0.25, -0.2) is 0 Å². The Morgan fingerprint density at radius 3 is 3.00 bits per heavy atom. The highest BCUT2D eigenvalue weighted by molar-refractivity contribution is 5.84. The smallest absolute Gasteiger partial charge is 0.239 e. The average molecular weight is 228 g/mol. The molecule has 5 nitrogen and oxygen atoms in total. The molecule has 5 heteroatoms. The second-order valence-corrected chi connectivity index (χ2v) is 3.97. The first-order chi connectivity index (χ1) is 7.74. The van der Waals surface area contributed by atoms with Gasteiger partial charge in [-0.3, -0.25) is 9.59 Å². The number of methoxy groups -OCH3 is 1. The molecule has 1 heterocycles. The number of carbonyl (C=O) groups is 2. The van der Waals surface area contributed by atoms with Crippen LogP contribution in [0.5, 0.6) is 0 Å². The van der Waals surface area contributed by atoms with Crippen LogP contribution >= 0.6 is 0 Å². The van der Waals surface area contributed by atoms with Crippen LogP contribution in [0.4, 0.5) is 0 Å².